The van der Waals surface area contributed by atoms with Gasteiger partial charge in [0.15, 0.2) is 5.75 Å². The van der Waals surface area contributed by atoms with E-state index in [0.717, 1.165) is 23.1 Å². The summed E-state index contributed by atoms with van der Waals surface area (Å²) in [6.07, 6.45) is 0.911. The number of halogens is 1. The second-order valence-electron chi connectivity index (χ2n) is 8.49. The lowest BCUT2D eigenvalue weighted by atomic mass is 10.1. The molecule has 3 aromatic carbocycles. The highest BCUT2D eigenvalue weighted by molar-refractivity contribution is 6.33. The predicted molar refractivity (Wildman–Crippen MR) is 141 cm³/mol. The average Bonchev–Trinajstić information content (AvgIpc) is 2.89. The highest BCUT2D eigenvalue weighted by atomic mass is 35.5. The maximum Gasteiger partial charge on any atom is 0.408 e. The van der Waals surface area contributed by atoms with E-state index in [4.69, 9.17) is 25.5 Å². The number of hydrogen-bond donors (Lipinski definition) is 1. The molecule has 0 saturated carbocycles. The molecule has 4 rings (SSSR count). The van der Waals surface area contributed by atoms with Crippen molar-refractivity contribution in [3.8, 4) is 5.75 Å². The zero-order chi connectivity index (χ0) is 26.2. The van der Waals surface area contributed by atoms with Crippen molar-refractivity contribution in [3.05, 3.63) is 111 Å². The Morgan fingerprint density at radius 3 is 2.32 bits per heavy atom. The molecule has 1 N–H and O–H groups in total. The molecule has 4 aromatic rings. The van der Waals surface area contributed by atoms with Gasteiger partial charge in [0, 0.05) is 23.9 Å². The summed E-state index contributed by atoms with van der Waals surface area (Å²) in [5.41, 5.74) is 2.19. The molecule has 8 heteroatoms. The van der Waals surface area contributed by atoms with Crippen molar-refractivity contribution in [1.82, 2.24) is 5.32 Å². The number of alkyl carbamates (subject to hydrolysis) is 1. The average molecular weight is 520 g/mol. The van der Waals surface area contributed by atoms with Gasteiger partial charge in [0.25, 0.3) is 0 Å². The second-order valence-corrected chi connectivity index (χ2v) is 8.90. The first-order chi connectivity index (χ1) is 17.9. The summed E-state index contributed by atoms with van der Waals surface area (Å²) in [7, 11) is 0. The number of fused-ring (bicyclic) bond motifs is 1. The molecular weight excluding hydrogens is 494 g/mol. The molecule has 1 amide bonds. The Labute approximate surface area is 219 Å². The molecule has 1 aromatic heterocycles. The molecule has 0 saturated heterocycles. The Balaban J connectivity index is 1.54. The van der Waals surface area contributed by atoms with Crippen molar-refractivity contribution >= 4 is 34.6 Å². The number of benzene rings is 3. The van der Waals surface area contributed by atoms with Crippen LogP contribution in [-0.4, -0.2) is 18.1 Å². The van der Waals surface area contributed by atoms with Crippen LogP contribution in [0.5, 0.6) is 5.75 Å². The normalized spacial score (nSPS) is 11.6. The minimum Gasteiger partial charge on any atom is -0.445 e. The zero-order valence-corrected chi connectivity index (χ0v) is 21.0. The van der Waals surface area contributed by atoms with E-state index in [0.29, 0.717) is 11.8 Å². The van der Waals surface area contributed by atoms with Crippen molar-refractivity contribution < 1.29 is 23.5 Å². The maximum atomic E-state index is 13.2. The smallest absolute Gasteiger partial charge is 0.408 e. The van der Waals surface area contributed by atoms with Gasteiger partial charge in [-0.3, -0.25) is 0 Å². The van der Waals surface area contributed by atoms with Crippen LogP contribution in [0.4, 0.5) is 4.79 Å². The van der Waals surface area contributed by atoms with Crippen LogP contribution in [0, 0.1) is 0 Å². The highest BCUT2D eigenvalue weighted by Crippen LogP contribution is 2.32. The Hall–Kier alpha value is -4.10. The van der Waals surface area contributed by atoms with E-state index >= 15 is 0 Å². The molecule has 0 aliphatic rings. The highest BCUT2D eigenvalue weighted by Gasteiger charge is 2.25. The number of amides is 1. The number of nitrogens with one attached hydrogen (secondary N) is 1. The van der Waals surface area contributed by atoms with Crippen molar-refractivity contribution in [3.63, 3.8) is 0 Å². The van der Waals surface area contributed by atoms with Gasteiger partial charge in [-0.05, 0) is 29.2 Å². The first-order valence-electron chi connectivity index (χ1n) is 11.9. The summed E-state index contributed by atoms with van der Waals surface area (Å²) in [4.78, 5) is 37.8. The summed E-state index contributed by atoms with van der Waals surface area (Å²) in [6.45, 7) is 2.05. The third kappa shape index (κ3) is 6.98. The molecule has 0 aliphatic carbocycles. The molecule has 0 fully saturated rings. The molecule has 0 spiro atoms. The number of carbonyl (C=O) groups excluding carboxylic acids is 2. The van der Waals surface area contributed by atoms with Gasteiger partial charge in [0.05, 0.1) is 5.02 Å². The quantitative estimate of drug-likeness (QED) is 0.169. The molecule has 190 valence electrons. The summed E-state index contributed by atoms with van der Waals surface area (Å²) in [5, 5.41) is 3.45. The molecule has 1 atom stereocenters. The molecule has 0 bridgehead atoms. The summed E-state index contributed by atoms with van der Waals surface area (Å²) >= 11 is 6.44. The van der Waals surface area contributed by atoms with Gasteiger partial charge in [0.1, 0.15) is 18.2 Å². The number of rotatable bonds is 9. The molecular formula is C29H26ClNO6. The molecule has 0 aliphatic heterocycles. The fraction of sp³-hybridized carbons (Fsp3) is 0.207. The number of hydrogen-bond acceptors (Lipinski definition) is 6. The largest absolute Gasteiger partial charge is 0.445 e. The van der Waals surface area contributed by atoms with E-state index in [-0.39, 0.29) is 29.4 Å². The second kappa shape index (κ2) is 12.2. The lowest BCUT2D eigenvalue weighted by Gasteiger charge is -2.18. The van der Waals surface area contributed by atoms with Crippen LogP contribution in [0.15, 0.2) is 88.1 Å². The van der Waals surface area contributed by atoms with E-state index in [9.17, 15) is 14.4 Å². The summed E-state index contributed by atoms with van der Waals surface area (Å²) < 4.78 is 16.2. The van der Waals surface area contributed by atoms with Crippen LogP contribution in [0.1, 0.15) is 30.0 Å². The molecule has 0 unspecified atom stereocenters. The van der Waals surface area contributed by atoms with Crippen molar-refractivity contribution in [1.29, 1.82) is 0 Å². The molecule has 7 nitrogen and oxygen atoms in total. The first-order valence-corrected chi connectivity index (χ1v) is 12.3. The Bertz CT molecular complexity index is 1440. The summed E-state index contributed by atoms with van der Waals surface area (Å²) in [5.74, 6) is -0.720. The standard InChI is InChI=1S/C29H26ClNO6/c1-2-9-21-15-27(32)36-25-17-26(23(30)16-22(21)25)37-28(33)24(14-19-10-5-3-6-11-19)31-29(34)35-18-20-12-7-4-8-13-20/h3-8,10-13,15-17,24H,2,9,14,18H2,1H3,(H,31,34)/t24-/m0/s1. The van der Waals surface area contributed by atoms with Gasteiger partial charge < -0.3 is 19.2 Å². The van der Waals surface area contributed by atoms with Crippen LogP contribution < -0.4 is 15.7 Å². The predicted octanol–water partition coefficient (Wildman–Crippen LogP) is 5.84. The third-order valence-electron chi connectivity index (χ3n) is 5.68. The van der Waals surface area contributed by atoms with Gasteiger partial charge in [-0.25, -0.2) is 14.4 Å². The monoisotopic (exact) mass is 519 g/mol. The Morgan fingerprint density at radius 2 is 1.65 bits per heavy atom. The Morgan fingerprint density at radius 1 is 0.973 bits per heavy atom. The van der Waals surface area contributed by atoms with E-state index in [1.165, 1.54) is 12.1 Å². The van der Waals surface area contributed by atoms with Gasteiger partial charge in [-0.15, -0.1) is 0 Å². The number of ether oxygens (including phenoxy) is 2. The van der Waals surface area contributed by atoms with Crippen LogP contribution in [0.25, 0.3) is 11.0 Å². The van der Waals surface area contributed by atoms with Crippen molar-refractivity contribution in [2.75, 3.05) is 0 Å². The maximum absolute atomic E-state index is 13.2. The van der Waals surface area contributed by atoms with E-state index in [1.54, 1.807) is 6.07 Å². The first kappa shape index (κ1) is 26.0. The SMILES string of the molecule is CCCc1cc(=O)oc2cc(OC(=O)[C@H](Cc3ccccc3)NC(=O)OCc3ccccc3)c(Cl)cc12. The number of aryl methyl sites for hydroxylation is 1. The van der Waals surface area contributed by atoms with Crippen LogP contribution in [-0.2, 0) is 29.0 Å². The fourth-order valence-corrected chi connectivity index (χ4v) is 4.11. The summed E-state index contributed by atoms with van der Waals surface area (Å²) in [6, 6.07) is 21.8. The van der Waals surface area contributed by atoms with Gasteiger partial charge in [-0.1, -0.05) is 85.6 Å². The van der Waals surface area contributed by atoms with Crippen molar-refractivity contribution in [2.45, 2.75) is 38.8 Å². The van der Waals surface area contributed by atoms with E-state index in [1.807, 2.05) is 67.6 Å². The minimum atomic E-state index is -1.06. The van der Waals surface area contributed by atoms with E-state index in [2.05, 4.69) is 5.32 Å². The fourth-order valence-electron chi connectivity index (χ4n) is 3.91. The Kier molecular flexibility index (Phi) is 8.59. The lowest BCUT2D eigenvalue weighted by molar-refractivity contribution is -0.136. The van der Waals surface area contributed by atoms with E-state index < -0.39 is 23.7 Å². The number of esters is 1. The molecule has 0 radical (unpaired) electrons. The van der Waals surface area contributed by atoms with Crippen LogP contribution in [0.2, 0.25) is 5.02 Å². The van der Waals surface area contributed by atoms with Gasteiger partial charge in [0.2, 0.25) is 0 Å². The van der Waals surface area contributed by atoms with Crippen molar-refractivity contribution in [2.24, 2.45) is 0 Å². The van der Waals surface area contributed by atoms with Gasteiger partial charge >= 0.3 is 17.7 Å². The third-order valence-corrected chi connectivity index (χ3v) is 5.98. The topological polar surface area (TPSA) is 94.8 Å². The molecule has 1 heterocycles. The van der Waals surface area contributed by atoms with Crippen LogP contribution >= 0.6 is 11.6 Å². The van der Waals surface area contributed by atoms with Gasteiger partial charge in [-0.2, -0.15) is 0 Å². The lowest BCUT2D eigenvalue weighted by Crippen LogP contribution is -2.44. The van der Waals surface area contributed by atoms with Crippen LogP contribution in [0.3, 0.4) is 0 Å². The molecule has 37 heavy (non-hydrogen) atoms. The minimum absolute atomic E-state index is 0.0217. The zero-order valence-electron chi connectivity index (χ0n) is 20.2. The number of carbonyl (C=O) groups is 2.